The highest BCUT2D eigenvalue weighted by molar-refractivity contribution is 4.96. The summed E-state index contributed by atoms with van der Waals surface area (Å²) < 4.78 is 0. The van der Waals surface area contributed by atoms with E-state index in [-0.39, 0.29) is 0 Å². The summed E-state index contributed by atoms with van der Waals surface area (Å²) in [4.78, 5) is 1.82. The molecular weight excluding hydrogens is 272 g/mol. The van der Waals surface area contributed by atoms with Gasteiger partial charge in [-0.1, -0.05) is 78.1 Å². The Hall–Kier alpha value is -1.06. The van der Waals surface area contributed by atoms with Crippen LogP contribution in [0.5, 0.6) is 0 Å². The predicted octanol–water partition coefficient (Wildman–Crippen LogP) is 4.58. The van der Waals surface area contributed by atoms with Gasteiger partial charge in [0.1, 0.15) is 0 Å². The minimum absolute atomic E-state index is 0.779. The van der Waals surface area contributed by atoms with Crippen molar-refractivity contribution in [2.24, 2.45) is 5.92 Å². The van der Waals surface area contributed by atoms with E-state index < -0.39 is 0 Å². The average molecular weight is 309 g/mol. The van der Waals surface area contributed by atoms with Crippen LogP contribution in [0.15, 0.2) is 6.20 Å². The maximum absolute atomic E-state index is 4.34. The minimum Gasteiger partial charge on any atom is -0.302 e. The van der Waals surface area contributed by atoms with Crippen molar-refractivity contribution in [1.82, 2.24) is 15.1 Å². The van der Waals surface area contributed by atoms with E-state index in [1.54, 1.807) is 0 Å². The van der Waals surface area contributed by atoms with Crippen molar-refractivity contribution in [2.75, 3.05) is 19.1 Å². The highest BCUT2D eigenvalue weighted by atomic mass is 15.7. The van der Waals surface area contributed by atoms with Crippen molar-refractivity contribution in [3.05, 3.63) is 11.9 Å². The van der Waals surface area contributed by atoms with E-state index in [2.05, 4.69) is 30.4 Å². The molecule has 0 unspecified atom stereocenters. The minimum atomic E-state index is 0.779. The predicted molar refractivity (Wildman–Crippen MR) is 94.8 cm³/mol. The molecule has 1 rings (SSSR count). The molecule has 0 aromatic carbocycles. The van der Waals surface area contributed by atoms with Gasteiger partial charge in [0.15, 0.2) is 0 Å². The van der Waals surface area contributed by atoms with Gasteiger partial charge in [0, 0.05) is 14.1 Å². The second-order valence-corrected chi connectivity index (χ2v) is 6.75. The smallest absolute Gasteiger partial charge is 0.0852 e. The first kappa shape index (κ1) is 19.0. The molecule has 0 saturated carbocycles. The summed E-state index contributed by atoms with van der Waals surface area (Å²) in [6.45, 7) is 4.56. The highest BCUT2D eigenvalue weighted by Gasteiger charge is 2.12. The largest absolute Gasteiger partial charge is 0.302 e. The summed E-state index contributed by atoms with van der Waals surface area (Å²) in [5.41, 5.74) is 1.14. The Bertz CT molecular complexity index is 361. The van der Waals surface area contributed by atoms with Gasteiger partial charge in [-0.3, -0.25) is 0 Å². The Morgan fingerprint density at radius 2 is 1.55 bits per heavy atom. The molecule has 128 valence electrons. The monoisotopic (exact) mass is 308 g/mol. The molecular formula is C18H36N4. The number of hydrogen-bond acceptors (Lipinski definition) is 3. The van der Waals surface area contributed by atoms with Crippen LogP contribution >= 0.6 is 0 Å². The van der Waals surface area contributed by atoms with E-state index in [1.165, 1.54) is 64.2 Å². The van der Waals surface area contributed by atoms with E-state index in [9.17, 15) is 0 Å². The fourth-order valence-corrected chi connectivity index (χ4v) is 2.94. The van der Waals surface area contributed by atoms with Crippen LogP contribution < -0.4 is 5.01 Å². The van der Waals surface area contributed by atoms with Crippen LogP contribution in [0.25, 0.3) is 0 Å². The van der Waals surface area contributed by atoms with Crippen LogP contribution in [-0.2, 0) is 6.42 Å². The van der Waals surface area contributed by atoms with Gasteiger partial charge >= 0.3 is 0 Å². The van der Waals surface area contributed by atoms with Gasteiger partial charge < -0.3 is 5.01 Å². The maximum atomic E-state index is 4.34. The molecule has 0 fully saturated rings. The van der Waals surface area contributed by atoms with Crippen LogP contribution in [0, 0.1) is 5.92 Å². The van der Waals surface area contributed by atoms with Crippen LogP contribution in [0.3, 0.4) is 0 Å². The van der Waals surface area contributed by atoms with Crippen molar-refractivity contribution in [3.8, 4) is 0 Å². The van der Waals surface area contributed by atoms with Crippen LogP contribution in [0.4, 0.5) is 0 Å². The van der Waals surface area contributed by atoms with E-state index in [0.29, 0.717) is 0 Å². The Morgan fingerprint density at radius 3 is 2.00 bits per heavy atom. The third-order valence-corrected chi connectivity index (χ3v) is 4.37. The molecule has 0 aliphatic carbocycles. The zero-order chi connectivity index (χ0) is 16.2. The molecule has 4 nitrogen and oxygen atoms in total. The number of nitrogens with zero attached hydrogens (tertiary/aromatic N) is 4. The molecule has 0 amide bonds. The maximum Gasteiger partial charge on any atom is 0.0852 e. The molecule has 0 radical (unpaired) electrons. The third kappa shape index (κ3) is 7.81. The molecule has 1 aromatic heterocycles. The molecule has 22 heavy (non-hydrogen) atoms. The summed E-state index contributed by atoms with van der Waals surface area (Å²) >= 11 is 0. The zero-order valence-electron chi connectivity index (χ0n) is 15.2. The molecule has 4 heteroatoms. The Kier molecular flexibility index (Phi) is 9.93. The molecule has 1 aromatic rings. The van der Waals surface area contributed by atoms with E-state index >= 15 is 0 Å². The Labute approximate surface area is 137 Å². The molecule has 0 aliphatic rings. The lowest BCUT2D eigenvalue weighted by molar-refractivity contribution is 0.400. The molecule has 1 heterocycles. The Morgan fingerprint density at radius 1 is 0.955 bits per heavy atom. The lowest BCUT2D eigenvalue weighted by Gasteiger charge is -2.15. The van der Waals surface area contributed by atoms with Gasteiger partial charge in [0.2, 0.25) is 0 Å². The van der Waals surface area contributed by atoms with Crippen molar-refractivity contribution in [3.63, 3.8) is 0 Å². The van der Waals surface area contributed by atoms with Gasteiger partial charge in [0.05, 0.1) is 11.9 Å². The number of aromatic nitrogens is 3. The molecule has 0 bridgehead atoms. The van der Waals surface area contributed by atoms with Gasteiger partial charge in [-0.15, -0.1) is 5.10 Å². The third-order valence-electron chi connectivity index (χ3n) is 4.37. The topological polar surface area (TPSA) is 34.0 Å². The standard InChI is InChI=1S/C18H36N4/c1-5-7-9-11-13-17(14-12-10-8-6-2)15-18-16-22(20-19-18)21(3)4/h16-17H,5-15H2,1-4H3. The average Bonchev–Trinajstić information content (AvgIpc) is 2.96. The molecule has 0 aliphatic heterocycles. The summed E-state index contributed by atoms with van der Waals surface area (Å²) in [6, 6.07) is 0. The van der Waals surface area contributed by atoms with Gasteiger partial charge in [-0.2, -0.15) is 4.79 Å². The van der Waals surface area contributed by atoms with Crippen molar-refractivity contribution in [2.45, 2.75) is 84.5 Å². The Balaban J connectivity index is 2.43. The molecule has 0 saturated heterocycles. The van der Waals surface area contributed by atoms with Gasteiger partial charge in [0.25, 0.3) is 0 Å². The number of hydrogen-bond donors (Lipinski definition) is 0. The summed E-state index contributed by atoms with van der Waals surface area (Å²) in [5, 5.41) is 10.5. The van der Waals surface area contributed by atoms with E-state index in [0.717, 1.165) is 18.0 Å². The number of unbranched alkanes of at least 4 members (excludes halogenated alkanes) is 6. The first-order valence-corrected chi connectivity index (χ1v) is 9.26. The first-order chi connectivity index (χ1) is 10.7. The van der Waals surface area contributed by atoms with Crippen LogP contribution in [-0.4, -0.2) is 29.2 Å². The molecule has 0 atom stereocenters. The summed E-state index contributed by atoms with van der Waals surface area (Å²) in [7, 11) is 3.98. The molecule has 0 N–H and O–H groups in total. The van der Waals surface area contributed by atoms with Crippen molar-refractivity contribution in [1.29, 1.82) is 0 Å². The van der Waals surface area contributed by atoms with E-state index in [4.69, 9.17) is 0 Å². The lowest BCUT2D eigenvalue weighted by atomic mass is 9.91. The van der Waals surface area contributed by atoms with Crippen LogP contribution in [0.2, 0.25) is 0 Å². The van der Waals surface area contributed by atoms with Crippen molar-refractivity contribution >= 4 is 0 Å². The van der Waals surface area contributed by atoms with Gasteiger partial charge in [-0.05, 0) is 17.6 Å². The van der Waals surface area contributed by atoms with Crippen molar-refractivity contribution < 1.29 is 0 Å². The fraction of sp³-hybridized carbons (Fsp3) is 0.889. The van der Waals surface area contributed by atoms with E-state index in [1.807, 2.05) is 23.9 Å². The van der Waals surface area contributed by atoms with Gasteiger partial charge in [-0.25, -0.2) is 0 Å². The SMILES string of the molecule is CCCCCCC(CCCCCC)Cc1cn(N(C)C)nn1. The second-order valence-electron chi connectivity index (χ2n) is 6.75. The number of rotatable bonds is 13. The fourth-order valence-electron chi connectivity index (χ4n) is 2.94. The summed E-state index contributed by atoms with van der Waals surface area (Å²) in [5.74, 6) is 0.779. The second kappa shape index (κ2) is 11.5. The zero-order valence-corrected chi connectivity index (χ0v) is 15.2. The first-order valence-electron chi connectivity index (χ1n) is 9.26. The summed E-state index contributed by atoms with van der Waals surface area (Å²) in [6.07, 6.45) is 16.7. The molecule has 0 spiro atoms. The quantitative estimate of drug-likeness (QED) is 0.500. The highest BCUT2D eigenvalue weighted by Crippen LogP contribution is 2.21. The van der Waals surface area contributed by atoms with Crippen LogP contribution in [0.1, 0.15) is 83.7 Å². The lowest BCUT2D eigenvalue weighted by Crippen LogP contribution is -2.25. The normalized spacial score (nSPS) is 11.3.